The Morgan fingerprint density at radius 2 is 1.74 bits per heavy atom. The first-order valence-corrected chi connectivity index (χ1v) is 12.1. The molecule has 170 valence electrons. The van der Waals surface area contributed by atoms with Crippen LogP contribution in [-0.2, 0) is 9.84 Å². The summed E-state index contributed by atoms with van der Waals surface area (Å²) in [5.74, 6) is -0.105. The van der Waals surface area contributed by atoms with Gasteiger partial charge in [-0.3, -0.25) is 9.20 Å². The molecule has 2 heterocycles. The second-order valence-corrected chi connectivity index (χ2v) is 10.0. The second-order valence-electron chi connectivity index (χ2n) is 6.82. The summed E-state index contributed by atoms with van der Waals surface area (Å²) in [4.78, 5) is 16.7. The van der Waals surface area contributed by atoms with Gasteiger partial charge in [0.15, 0.2) is 0 Å². The lowest BCUT2D eigenvalue weighted by Crippen LogP contribution is -2.19. The van der Waals surface area contributed by atoms with Gasteiger partial charge in [-0.15, -0.1) is 0 Å². The van der Waals surface area contributed by atoms with Crippen LogP contribution < -0.4 is 10.3 Å². The fourth-order valence-corrected chi connectivity index (χ4v) is 4.70. The molecule has 0 atom stereocenters. The SMILES string of the molecule is N#CC(=Cc1c(Oc2ccc(Cl)cc2Cl)nc2ccccn2c1=O)S(=O)(=O)c1ccc(Cl)cc1. The van der Waals surface area contributed by atoms with E-state index in [2.05, 4.69) is 4.98 Å². The zero-order valence-electron chi connectivity index (χ0n) is 16.9. The summed E-state index contributed by atoms with van der Waals surface area (Å²) >= 11 is 18.0. The van der Waals surface area contributed by atoms with Gasteiger partial charge in [0.2, 0.25) is 15.7 Å². The number of ether oxygens (including phenoxy) is 1. The first-order valence-electron chi connectivity index (χ1n) is 9.47. The molecule has 2 aromatic heterocycles. The van der Waals surface area contributed by atoms with E-state index >= 15 is 0 Å². The lowest BCUT2D eigenvalue weighted by atomic mass is 10.2. The highest BCUT2D eigenvalue weighted by molar-refractivity contribution is 7.95. The van der Waals surface area contributed by atoms with Gasteiger partial charge in [0, 0.05) is 16.2 Å². The molecule has 34 heavy (non-hydrogen) atoms. The average Bonchev–Trinajstić information content (AvgIpc) is 2.81. The van der Waals surface area contributed by atoms with Crippen LogP contribution in [0.1, 0.15) is 5.56 Å². The minimum absolute atomic E-state index is 0.131. The van der Waals surface area contributed by atoms with E-state index < -0.39 is 20.3 Å². The Morgan fingerprint density at radius 3 is 2.41 bits per heavy atom. The van der Waals surface area contributed by atoms with Gasteiger partial charge in [-0.25, -0.2) is 8.42 Å². The predicted octanol–water partition coefficient (Wildman–Crippen LogP) is 5.79. The largest absolute Gasteiger partial charge is 0.437 e. The molecule has 7 nitrogen and oxygen atoms in total. The number of nitriles is 1. The summed E-state index contributed by atoms with van der Waals surface area (Å²) in [5.41, 5.74) is -0.669. The van der Waals surface area contributed by atoms with Gasteiger partial charge in [0.1, 0.15) is 27.9 Å². The summed E-state index contributed by atoms with van der Waals surface area (Å²) in [7, 11) is -4.27. The van der Waals surface area contributed by atoms with E-state index in [1.165, 1.54) is 53.1 Å². The molecular weight excluding hydrogens is 521 g/mol. The molecule has 0 N–H and O–H groups in total. The van der Waals surface area contributed by atoms with Gasteiger partial charge >= 0.3 is 0 Å². The maximum absolute atomic E-state index is 13.3. The van der Waals surface area contributed by atoms with Crippen LogP contribution in [0.2, 0.25) is 15.1 Å². The number of allylic oxidation sites excluding steroid dienone is 1. The molecule has 0 saturated carbocycles. The summed E-state index contributed by atoms with van der Waals surface area (Å²) in [6, 6.07) is 16.2. The van der Waals surface area contributed by atoms with Crippen LogP contribution >= 0.6 is 34.8 Å². The number of sulfone groups is 1. The van der Waals surface area contributed by atoms with Crippen molar-refractivity contribution in [1.29, 1.82) is 5.26 Å². The highest BCUT2D eigenvalue weighted by atomic mass is 35.5. The molecule has 0 saturated heterocycles. The molecule has 0 radical (unpaired) electrons. The Bertz CT molecular complexity index is 1660. The highest BCUT2D eigenvalue weighted by Gasteiger charge is 2.24. The van der Waals surface area contributed by atoms with Gasteiger partial charge in [0.05, 0.1) is 9.92 Å². The van der Waals surface area contributed by atoms with Gasteiger partial charge in [-0.05, 0) is 60.7 Å². The lowest BCUT2D eigenvalue weighted by Gasteiger charge is -2.11. The van der Waals surface area contributed by atoms with E-state index in [4.69, 9.17) is 39.5 Å². The summed E-state index contributed by atoms with van der Waals surface area (Å²) in [6.45, 7) is 0. The predicted molar refractivity (Wildman–Crippen MR) is 130 cm³/mol. The molecule has 4 aromatic rings. The lowest BCUT2D eigenvalue weighted by molar-refractivity contribution is 0.461. The fourth-order valence-electron chi connectivity index (χ4n) is 2.99. The molecule has 4 rings (SSSR count). The van der Waals surface area contributed by atoms with Crippen molar-refractivity contribution < 1.29 is 13.2 Å². The maximum atomic E-state index is 13.3. The third kappa shape index (κ3) is 4.65. The summed E-state index contributed by atoms with van der Waals surface area (Å²) in [5, 5.41) is 10.5. The zero-order chi connectivity index (χ0) is 24.5. The highest BCUT2D eigenvalue weighted by Crippen LogP contribution is 2.33. The normalized spacial score (nSPS) is 11.9. The number of hydrogen-bond acceptors (Lipinski definition) is 6. The molecule has 0 aliphatic rings. The standard InChI is InChI=1S/C23H12Cl3N3O4S/c24-14-4-7-16(8-5-14)34(31,32)17(13-27)12-18-22(33-20-9-6-15(25)11-19(20)26)28-21-3-1-2-10-29(21)23(18)30/h1-12H. The number of rotatable bonds is 5. The van der Waals surface area contributed by atoms with Crippen molar-refractivity contribution in [2.75, 3.05) is 0 Å². The molecule has 0 unspecified atom stereocenters. The molecule has 0 amide bonds. The first-order chi connectivity index (χ1) is 16.2. The number of nitrogens with zero attached hydrogens (tertiary/aromatic N) is 3. The van der Waals surface area contributed by atoms with Crippen molar-refractivity contribution in [3.8, 4) is 17.7 Å². The van der Waals surface area contributed by atoms with E-state index in [9.17, 15) is 18.5 Å². The maximum Gasteiger partial charge on any atom is 0.269 e. The van der Waals surface area contributed by atoms with Crippen molar-refractivity contribution in [2.24, 2.45) is 0 Å². The Balaban J connectivity index is 1.94. The number of hydrogen-bond donors (Lipinski definition) is 0. The van der Waals surface area contributed by atoms with E-state index in [1.807, 2.05) is 0 Å². The van der Waals surface area contributed by atoms with Crippen LogP contribution in [0, 0.1) is 11.3 Å². The molecular formula is C23H12Cl3N3O4S. The topological polar surface area (TPSA) is 102 Å². The fraction of sp³-hybridized carbons (Fsp3) is 0. The zero-order valence-corrected chi connectivity index (χ0v) is 20.0. The second kappa shape index (κ2) is 9.49. The van der Waals surface area contributed by atoms with Crippen molar-refractivity contribution in [3.63, 3.8) is 0 Å². The van der Waals surface area contributed by atoms with Crippen LogP contribution in [0.5, 0.6) is 11.6 Å². The minimum atomic E-state index is -4.27. The number of aromatic nitrogens is 2. The molecule has 11 heteroatoms. The van der Waals surface area contributed by atoms with Crippen molar-refractivity contribution >= 4 is 56.4 Å². The van der Waals surface area contributed by atoms with Crippen LogP contribution in [0.4, 0.5) is 0 Å². The number of benzene rings is 2. The Labute approximate surface area is 209 Å². The Kier molecular flexibility index (Phi) is 6.64. The summed E-state index contributed by atoms with van der Waals surface area (Å²) in [6.07, 6.45) is 2.39. The van der Waals surface area contributed by atoms with Gasteiger partial charge in [-0.2, -0.15) is 10.2 Å². The third-order valence-corrected chi connectivity index (χ3v) is 7.10. The number of fused-ring (bicyclic) bond motifs is 1. The Morgan fingerprint density at radius 1 is 1.03 bits per heavy atom. The molecule has 2 aromatic carbocycles. The molecule has 0 aliphatic carbocycles. The molecule has 0 aliphatic heterocycles. The van der Waals surface area contributed by atoms with Crippen LogP contribution in [0.15, 0.2) is 81.5 Å². The smallest absolute Gasteiger partial charge is 0.269 e. The van der Waals surface area contributed by atoms with Crippen molar-refractivity contribution in [2.45, 2.75) is 4.90 Å². The first kappa shape index (κ1) is 23.8. The average molecular weight is 533 g/mol. The number of halogens is 3. The number of pyridine rings is 1. The van der Waals surface area contributed by atoms with E-state index in [0.717, 1.165) is 6.08 Å². The van der Waals surface area contributed by atoms with E-state index in [-0.39, 0.29) is 32.8 Å². The van der Waals surface area contributed by atoms with Gasteiger partial charge in [0.25, 0.3) is 5.56 Å². The molecule has 0 fully saturated rings. The van der Waals surface area contributed by atoms with E-state index in [1.54, 1.807) is 24.3 Å². The minimum Gasteiger partial charge on any atom is -0.437 e. The molecule has 0 spiro atoms. The van der Waals surface area contributed by atoms with Crippen molar-refractivity contribution in [1.82, 2.24) is 9.38 Å². The van der Waals surface area contributed by atoms with Crippen molar-refractivity contribution in [3.05, 3.63) is 103 Å². The summed E-state index contributed by atoms with van der Waals surface area (Å²) < 4.78 is 33.1. The quantitative estimate of drug-likeness (QED) is 0.302. The molecule has 0 bridgehead atoms. The van der Waals surface area contributed by atoms with Crippen LogP contribution in [0.25, 0.3) is 11.7 Å². The Hall–Kier alpha value is -3.35. The third-order valence-electron chi connectivity index (χ3n) is 4.63. The monoisotopic (exact) mass is 531 g/mol. The van der Waals surface area contributed by atoms with Crippen LogP contribution in [-0.4, -0.2) is 17.8 Å². The van der Waals surface area contributed by atoms with Crippen LogP contribution in [0.3, 0.4) is 0 Å². The van der Waals surface area contributed by atoms with E-state index in [0.29, 0.717) is 10.0 Å². The van der Waals surface area contributed by atoms with Gasteiger partial charge in [-0.1, -0.05) is 40.9 Å². The van der Waals surface area contributed by atoms with Gasteiger partial charge < -0.3 is 4.74 Å².